The van der Waals surface area contributed by atoms with Crippen LogP contribution in [0.4, 0.5) is 5.69 Å². The summed E-state index contributed by atoms with van der Waals surface area (Å²) in [5.41, 5.74) is 2.66. The van der Waals surface area contributed by atoms with Crippen molar-refractivity contribution in [2.75, 3.05) is 18.4 Å². The maximum Gasteiger partial charge on any atom is 0.253 e. The lowest BCUT2D eigenvalue weighted by atomic mass is 9.93. The lowest BCUT2D eigenvalue weighted by molar-refractivity contribution is -0.115. The Bertz CT molecular complexity index is 563. The number of fused-ring (bicyclic) bond motifs is 1. The molecule has 1 fully saturated rings. The van der Waals surface area contributed by atoms with Crippen molar-refractivity contribution in [1.82, 2.24) is 4.90 Å². The van der Waals surface area contributed by atoms with Gasteiger partial charge in [0.1, 0.15) is 0 Å². The summed E-state index contributed by atoms with van der Waals surface area (Å²) in [5.74, 6) is 0.0784. The lowest BCUT2D eigenvalue weighted by Gasteiger charge is -2.20. The first-order valence-corrected chi connectivity index (χ1v) is 6.67. The molecular weight excluding hydrogens is 240 g/mol. The highest BCUT2D eigenvalue weighted by Gasteiger charge is 2.32. The first-order valence-electron chi connectivity index (χ1n) is 6.67. The minimum absolute atomic E-state index is 0.00176. The highest BCUT2D eigenvalue weighted by atomic mass is 16.2. The van der Waals surface area contributed by atoms with E-state index in [0.29, 0.717) is 12.0 Å². The zero-order chi connectivity index (χ0) is 13.6. The van der Waals surface area contributed by atoms with Crippen LogP contribution < -0.4 is 5.32 Å². The van der Waals surface area contributed by atoms with E-state index in [-0.39, 0.29) is 17.2 Å². The Kier molecular flexibility index (Phi) is 2.62. The minimum Gasteiger partial charge on any atom is -0.338 e. The minimum atomic E-state index is 0.00176. The zero-order valence-electron chi connectivity index (χ0n) is 11.3. The molecule has 19 heavy (non-hydrogen) atoms. The Hall–Kier alpha value is -1.84. The fourth-order valence-corrected chi connectivity index (χ4v) is 2.83. The predicted octanol–water partition coefficient (Wildman–Crippen LogP) is 2.05. The molecule has 0 unspecified atom stereocenters. The molecule has 0 radical (unpaired) electrons. The Morgan fingerprint density at radius 3 is 2.84 bits per heavy atom. The molecule has 1 aromatic carbocycles. The maximum atomic E-state index is 12.4. The number of rotatable bonds is 1. The fourth-order valence-electron chi connectivity index (χ4n) is 2.83. The lowest BCUT2D eigenvalue weighted by Crippen LogP contribution is -2.30. The van der Waals surface area contributed by atoms with Crippen LogP contribution in [0.1, 0.15) is 36.2 Å². The van der Waals surface area contributed by atoms with Gasteiger partial charge in [0, 0.05) is 24.3 Å². The van der Waals surface area contributed by atoms with Crippen molar-refractivity contribution in [2.24, 2.45) is 5.41 Å². The summed E-state index contributed by atoms with van der Waals surface area (Å²) < 4.78 is 0. The summed E-state index contributed by atoms with van der Waals surface area (Å²) in [6, 6.07) is 5.48. The Balaban J connectivity index is 1.82. The van der Waals surface area contributed by atoms with Gasteiger partial charge in [-0.2, -0.15) is 0 Å². The number of likely N-dealkylation sites (tertiary alicyclic amines) is 1. The number of anilines is 1. The van der Waals surface area contributed by atoms with E-state index in [4.69, 9.17) is 0 Å². The summed E-state index contributed by atoms with van der Waals surface area (Å²) in [7, 11) is 0. The predicted molar refractivity (Wildman–Crippen MR) is 73.1 cm³/mol. The average molecular weight is 258 g/mol. The van der Waals surface area contributed by atoms with Crippen LogP contribution in [0.5, 0.6) is 0 Å². The van der Waals surface area contributed by atoms with E-state index in [0.717, 1.165) is 30.8 Å². The number of hydrogen-bond donors (Lipinski definition) is 1. The van der Waals surface area contributed by atoms with Gasteiger partial charge in [-0.1, -0.05) is 13.8 Å². The Morgan fingerprint density at radius 2 is 2.16 bits per heavy atom. The van der Waals surface area contributed by atoms with Crippen LogP contribution in [0.3, 0.4) is 0 Å². The molecule has 0 bridgehead atoms. The number of carbonyl (C=O) groups is 2. The molecule has 0 saturated carbocycles. The van der Waals surface area contributed by atoms with Gasteiger partial charge in [0.25, 0.3) is 5.91 Å². The second-order valence-electron chi connectivity index (χ2n) is 6.24. The molecule has 0 spiro atoms. The van der Waals surface area contributed by atoms with Gasteiger partial charge in [-0.15, -0.1) is 0 Å². The maximum absolute atomic E-state index is 12.4. The van der Waals surface area contributed by atoms with Gasteiger partial charge in [-0.25, -0.2) is 0 Å². The van der Waals surface area contributed by atoms with Crippen molar-refractivity contribution in [3.63, 3.8) is 0 Å². The van der Waals surface area contributed by atoms with Crippen LogP contribution in [-0.4, -0.2) is 29.8 Å². The van der Waals surface area contributed by atoms with Crippen molar-refractivity contribution in [3.05, 3.63) is 29.3 Å². The summed E-state index contributed by atoms with van der Waals surface area (Å²) in [4.78, 5) is 25.7. The standard InChI is InChI=1S/C15H18N2O2/c1-15(2)5-6-17(9-15)14(19)10-3-4-12-11(7-10)8-13(18)16-12/h3-4,7H,5-6,8-9H2,1-2H3,(H,16,18). The van der Waals surface area contributed by atoms with Gasteiger partial charge >= 0.3 is 0 Å². The number of amides is 2. The first-order chi connectivity index (χ1) is 8.94. The fraction of sp³-hybridized carbons (Fsp3) is 0.467. The molecule has 0 aromatic heterocycles. The van der Waals surface area contributed by atoms with Gasteiger partial charge in [0.15, 0.2) is 0 Å². The van der Waals surface area contributed by atoms with Crippen LogP contribution in [0.15, 0.2) is 18.2 Å². The van der Waals surface area contributed by atoms with E-state index in [1.165, 1.54) is 0 Å². The van der Waals surface area contributed by atoms with Crippen molar-refractivity contribution >= 4 is 17.5 Å². The number of nitrogens with zero attached hydrogens (tertiary/aromatic N) is 1. The highest BCUT2D eigenvalue weighted by molar-refractivity contribution is 6.01. The Labute approximate surface area is 112 Å². The number of benzene rings is 1. The van der Waals surface area contributed by atoms with Gasteiger partial charge in [0.05, 0.1) is 6.42 Å². The molecule has 4 heteroatoms. The van der Waals surface area contributed by atoms with Crippen molar-refractivity contribution in [1.29, 1.82) is 0 Å². The van der Waals surface area contributed by atoms with Crippen molar-refractivity contribution in [2.45, 2.75) is 26.7 Å². The largest absolute Gasteiger partial charge is 0.338 e. The Morgan fingerprint density at radius 1 is 1.37 bits per heavy atom. The topological polar surface area (TPSA) is 49.4 Å². The highest BCUT2D eigenvalue weighted by Crippen LogP contribution is 2.30. The molecule has 1 aromatic rings. The third-order valence-corrected chi connectivity index (χ3v) is 3.94. The van der Waals surface area contributed by atoms with Crippen molar-refractivity contribution in [3.8, 4) is 0 Å². The van der Waals surface area contributed by atoms with Gasteiger partial charge in [0.2, 0.25) is 5.91 Å². The average Bonchev–Trinajstić information content (AvgIpc) is 2.88. The van der Waals surface area contributed by atoms with E-state index in [2.05, 4.69) is 19.2 Å². The molecule has 0 atom stereocenters. The van der Waals surface area contributed by atoms with Crippen LogP contribution in [-0.2, 0) is 11.2 Å². The van der Waals surface area contributed by atoms with E-state index in [9.17, 15) is 9.59 Å². The first kappa shape index (κ1) is 12.2. The second-order valence-corrected chi connectivity index (χ2v) is 6.24. The third kappa shape index (κ3) is 2.23. The summed E-state index contributed by atoms with van der Waals surface area (Å²) in [5, 5.41) is 2.78. The van der Waals surface area contributed by atoms with E-state index in [1.807, 2.05) is 17.0 Å². The van der Waals surface area contributed by atoms with Crippen LogP contribution >= 0.6 is 0 Å². The van der Waals surface area contributed by atoms with Crippen molar-refractivity contribution < 1.29 is 9.59 Å². The molecule has 2 amide bonds. The van der Waals surface area contributed by atoms with Gasteiger partial charge in [-0.05, 0) is 35.6 Å². The summed E-state index contributed by atoms with van der Waals surface area (Å²) in [6.45, 7) is 6.00. The molecule has 2 aliphatic rings. The van der Waals surface area contributed by atoms with Crippen LogP contribution in [0.2, 0.25) is 0 Å². The van der Waals surface area contributed by atoms with E-state index < -0.39 is 0 Å². The molecule has 100 valence electrons. The summed E-state index contributed by atoms with van der Waals surface area (Å²) in [6.07, 6.45) is 1.42. The van der Waals surface area contributed by atoms with E-state index >= 15 is 0 Å². The third-order valence-electron chi connectivity index (χ3n) is 3.94. The number of carbonyl (C=O) groups excluding carboxylic acids is 2. The molecule has 1 N–H and O–H groups in total. The SMILES string of the molecule is CC1(C)CCN(C(=O)c2ccc3c(c2)CC(=O)N3)C1. The molecule has 2 heterocycles. The van der Waals surface area contributed by atoms with Gasteiger partial charge < -0.3 is 10.2 Å². The zero-order valence-corrected chi connectivity index (χ0v) is 11.3. The number of nitrogens with one attached hydrogen (secondary N) is 1. The van der Waals surface area contributed by atoms with Crippen LogP contribution in [0, 0.1) is 5.41 Å². The molecule has 3 rings (SSSR count). The molecule has 0 aliphatic carbocycles. The molecular formula is C15H18N2O2. The van der Waals surface area contributed by atoms with Gasteiger partial charge in [-0.3, -0.25) is 9.59 Å². The quantitative estimate of drug-likeness (QED) is 0.838. The number of hydrogen-bond acceptors (Lipinski definition) is 2. The van der Waals surface area contributed by atoms with E-state index in [1.54, 1.807) is 6.07 Å². The second kappa shape index (κ2) is 4.08. The summed E-state index contributed by atoms with van der Waals surface area (Å²) >= 11 is 0. The molecule has 2 aliphatic heterocycles. The smallest absolute Gasteiger partial charge is 0.253 e. The molecule has 1 saturated heterocycles. The normalized spacial score (nSPS) is 20.3. The van der Waals surface area contributed by atoms with Crippen LogP contribution in [0.25, 0.3) is 0 Å². The molecule has 4 nitrogen and oxygen atoms in total. The monoisotopic (exact) mass is 258 g/mol.